The van der Waals surface area contributed by atoms with Crippen LogP contribution in [0.15, 0.2) is 88.8 Å². The van der Waals surface area contributed by atoms with Gasteiger partial charge in [-0.25, -0.2) is 4.99 Å². The Labute approximate surface area is 175 Å². The molecule has 0 aromatic heterocycles. The van der Waals surface area contributed by atoms with Gasteiger partial charge in [-0.15, -0.1) is 0 Å². The lowest BCUT2D eigenvalue weighted by molar-refractivity contribution is -0.122. The van der Waals surface area contributed by atoms with Crippen LogP contribution in [0.5, 0.6) is 0 Å². The fraction of sp³-hybridized carbons (Fsp3) is 0.120. The predicted molar refractivity (Wildman–Crippen MR) is 122 cm³/mol. The van der Waals surface area contributed by atoms with E-state index in [9.17, 15) is 4.79 Å². The molecule has 29 heavy (non-hydrogen) atoms. The van der Waals surface area contributed by atoms with E-state index in [1.54, 1.807) is 4.90 Å². The number of aryl methyl sites for hydroxylation is 2. The standard InChI is InChI=1S/C25H22N2OS/c1-18-12-14-22(15-13-18)26-25-27(17-20-9-4-3-5-10-20)24(28)23(29-25)16-21-11-7-6-8-19(21)2/h3-16H,17H2,1-2H3/b23-16+,26-25?. The average Bonchev–Trinajstić information content (AvgIpc) is 3.01. The summed E-state index contributed by atoms with van der Waals surface area (Å²) in [6, 6.07) is 26.1. The molecule has 1 amide bonds. The fourth-order valence-electron chi connectivity index (χ4n) is 3.12. The smallest absolute Gasteiger partial charge is 0.267 e. The van der Waals surface area contributed by atoms with Crippen LogP contribution < -0.4 is 0 Å². The van der Waals surface area contributed by atoms with Crippen molar-refractivity contribution < 1.29 is 4.79 Å². The molecule has 144 valence electrons. The summed E-state index contributed by atoms with van der Waals surface area (Å²) in [6.07, 6.45) is 1.97. The third-order valence-corrected chi connectivity index (χ3v) is 5.81. The molecule has 1 fully saturated rings. The van der Waals surface area contributed by atoms with Crippen molar-refractivity contribution in [2.24, 2.45) is 4.99 Å². The minimum atomic E-state index is -0.00651. The summed E-state index contributed by atoms with van der Waals surface area (Å²) in [5.74, 6) is -0.00651. The van der Waals surface area contributed by atoms with E-state index in [-0.39, 0.29) is 5.91 Å². The highest BCUT2D eigenvalue weighted by atomic mass is 32.2. The Bertz CT molecular complexity index is 1090. The monoisotopic (exact) mass is 398 g/mol. The first-order valence-corrected chi connectivity index (χ1v) is 10.4. The Morgan fingerprint density at radius 3 is 2.31 bits per heavy atom. The molecule has 0 radical (unpaired) electrons. The van der Waals surface area contributed by atoms with Crippen molar-refractivity contribution >= 4 is 34.6 Å². The summed E-state index contributed by atoms with van der Waals surface area (Å²) < 4.78 is 0. The molecule has 4 heteroatoms. The second-order valence-electron chi connectivity index (χ2n) is 7.07. The summed E-state index contributed by atoms with van der Waals surface area (Å²) in [4.78, 5) is 20.5. The number of nitrogens with zero attached hydrogens (tertiary/aromatic N) is 2. The van der Waals surface area contributed by atoms with Crippen LogP contribution >= 0.6 is 11.8 Å². The van der Waals surface area contributed by atoms with Crippen molar-refractivity contribution in [3.63, 3.8) is 0 Å². The van der Waals surface area contributed by atoms with Crippen LogP contribution in [0.1, 0.15) is 22.3 Å². The van der Waals surface area contributed by atoms with Crippen molar-refractivity contribution in [1.29, 1.82) is 0 Å². The molecule has 1 heterocycles. The molecular weight excluding hydrogens is 376 g/mol. The van der Waals surface area contributed by atoms with Crippen LogP contribution in [-0.4, -0.2) is 16.0 Å². The Morgan fingerprint density at radius 2 is 1.59 bits per heavy atom. The minimum absolute atomic E-state index is 0.00651. The molecule has 0 unspecified atom stereocenters. The first-order valence-electron chi connectivity index (χ1n) is 9.56. The summed E-state index contributed by atoms with van der Waals surface area (Å²) in [5.41, 5.74) is 5.31. The number of benzene rings is 3. The molecule has 0 bridgehead atoms. The van der Waals surface area contributed by atoms with E-state index in [2.05, 4.69) is 19.9 Å². The predicted octanol–water partition coefficient (Wildman–Crippen LogP) is 6.11. The summed E-state index contributed by atoms with van der Waals surface area (Å²) in [7, 11) is 0. The van der Waals surface area contributed by atoms with Crippen molar-refractivity contribution in [3.8, 4) is 0 Å². The van der Waals surface area contributed by atoms with Crippen LogP contribution in [0.2, 0.25) is 0 Å². The van der Waals surface area contributed by atoms with E-state index in [1.807, 2.05) is 78.9 Å². The third-order valence-electron chi connectivity index (χ3n) is 4.81. The Kier molecular flexibility index (Phi) is 5.63. The van der Waals surface area contributed by atoms with Crippen molar-refractivity contribution in [2.75, 3.05) is 0 Å². The van der Waals surface area contributed by atoms with Gasteiger partial charge >= 0.3 is 0 Å². The van der Waals surface area contributed by atoms with Crippen molar-refractivity contribution in [2.45, 2.75) is 20.4 Å². The Balaban J connectivity index is 1.71. The van der Waals surface area contributed by atoms with Gasteiger partial charge in [-0.05, 0) is 60.5 Å². The molecule has 1 saturated heterocycles. The Hall–Kier alpha value is -3.11. The molecule has 3 aromatic carbocycles. The van der Waals surface area contributed by atoms with E-state index in [4.69, 9.17) is 4.99 Å². The van der Waals surface area contributed by atoms with Crippen molar-refractivity contribution in [3.05, 3.63) is 106 Å². The molecule has 0 aliphatic carbocycles. The van der Waals surface area contributed by atoms with E-state index in [0.717, 1.165) is 22.4 Å². The maximum absolute atomic E-state index is 13.2. The average molecular weight is 399 g/mol. The van der Waals surface area contributed by atoms with E-state index < -0.39 is 0 Å². The largest absolute Gasteiger partial charge is 0.282 e. The molecule has 1 aliphatic rings. The number of aliphatic imine (C=N–C) groups is 1. The van der Waals surface area contributed by atoms with Gasteiger partial charge in [0.25, 0.3) is 5.91 Å². The maximum atomic E-state index is 13.2. The number of carbonyl (C=O) groups is 1. The van der Waals surface area contributed by atoms with Gasteiger partial charge in [0.15, 0.2) is 5.17 Å². The first kappa shape index (κ1) is 19.2. The molecule has 0 saturated carbocycles. The molecule has 0 atom stereocenters. The number of rotatable bonds is 4. The third kappa shape index (κ3) is 4.49. The molecule has 1 aliphatic heterocycles. The van der Waals surface area contributed by atoms with Gasteiger partial charge in [0.1, 0.15) is 0 Å². The lowest BCUT2D eigenvalue weighted by Crippen LogP contribution is -2.28. The van der Waals surface area contributed by atoms with Crippen LogP contribution in [-0.2, 0) is 11.3 Å². The number of amides is 1. The molecule has 3 nitrogen and oxygen atoms in total. The normalized spacial score (nSPS) is 16.8. The molecular formula is C25H22N2OS. The zero-order valence-corrected chi connectivity index (χ0v) is 17.3. The van der Waals surface area contributed by atoms with Gasteiger partial charge < -0.3 is 0 Å². The highest BCUT2D eigenvalue weighted by Gasteiger charge is 2.33. The highest BCUT2D eigenvalue weighted by Crippen LogP contribution is 2.35. The zero-order valence-electron chi connectivity index (χ0n) is 16.5. The quantitative estimate of drug-likeness (QED) is 0.497. The number of hydrogen-bond donors (Lipinski definition) is 0. The summed E-state index contributed by atoms with van der Waals surface area (Å²) >= 11 is 1.44. The second-order valence-corrected chi connectivity index (χ2v) is 8.08. The van der Waals surface area contributed by atoms with Gasteiger partial charge in [0.2, 0.25) is 0 Å². The zero-order chi connectivity index (χ0) is 20.2. The topological polar surface area (TPSA) is 32.7 Å². The summed E-state index contributed by atoms with van der Waals surface area (Å²) in [6.45, 7) is 4.61. The molecule has 0 spiro atoms. The summed E-state index contributed by atoms with van der Waals surface area (Å²) in [5, 5.41) is 0.711. The lowest BCUT2D eigenvalue weighted by atomic mass is 10.1. The van der Waals surface area contributed by atoms with Crippen LogP contribution in [0.25, 0.3) is 6.08 Å². The van der Waals surface area contributed by atoms with Crippen LogP contribution in [0, 0.1) is 13.8 Å². The number of carbonyl (C=O) groups excluding carboxylic acids is 1. The van der Waals surface area contributed by atoms with E-state index >= 15 is 0 Å². The highest BCUT2D eigenvalue weighted by molar-refractivity contribution is 8.18. The minimum Gasteiger partial charge on any atom is -0.282 e. The number of amidine groups is 1. The second kappa shape index (κ2) is 8.50. The van der Waals surface area contributed by atoms with E-state index in [0.29, 0.717) is 16.6 Å². The number of thioether (sulfide) groups is 1. The van der Waals surface area contributed by atoms with Gasteiger partial charge in [0, 0.05) is 0 Å². The van der Waals surface area contributed by atoms with Gasteiger partial charge in [-0.3, -0.25) is 9.69 Å². The first-order chi connectivity index (χ1) is 14.1. The van der Waals surface area contributed by atoms with Crippen molar-refractivity contribution in [1.82, 2.24) is 4.90 Å². The van der Waals surface area contributed by atoms with E-state index in [1.165, 1.54) is 17.3 Å². The van der Waals surface area contributed by atoms with Crippen LogP contribution in [0.3, 0.4) is 0 Å². The number of hydrogen-bond acceptors (Lipinski definition) is 3. The lowest BCUT2D eigenvalue weighted by Gasteiger charge is -2.15. The van der Waals surface area contributed by atoms with Gasteiger partial charge in [-0.1, -0.05) is 72.3 Å². The van der Waals surface area contributed by atoms with Gasteiger partial charge in [0.05, 0.1) is 17.1 Å². The Morgan fingerprint density at radius 1 is 0.897 bits per heavy atom. The molecule has 4 rings (SSSR count). The maximum Gasteiger partial charge on any atom is 0.267 e. The van der Waals surface area contributed by atoms with Gasteiger partial charge in [-0.2, -0.15) is 0 Å². The molecule has 0 N–H and O–H groups in total. The SMILES string of the molecule is Cc1ccc(N=C2S/C(=C/c3ccccc3C)C(=O)N2Cc2ccccc2)cc1. The van der Waals surface area contributed by atoms with Crippen LogP contribution in [0.4, 0.5) is 5.69 Å². The molecule has 3 aromatic rings. The fourth-order valence-corrected chi connectivity index (χ4v) is 4.11.